The van der Waals surface area contributed by atoms with Crippen LogP contribution in [-0.4, -0.2) is 37.4 Å². The molecule has 0 aromatic rings. The minimum absolute atomic E-state index is 0.0932. The Hall–Kier alpha value is -0.610. The number of aliphatic hydroxyl groups excluding tert-OH is 1. The first-order chi connectivity index (χ1) is 7.74. The molecule has 16 heavy (non-hydrogen) atoms. The van der Waals surface area contributed by atoms with E-state index in [9.17, 15) is 9.90 Å². The van der Waals surface area contributed by atoms with E-state index in [1.54, 1.807) is 0 Å². The fourth-order valence-corrected chi connectivity index (χ4v) is 2.13. The lowest BCUT2D eigenvalue weighted by Crippen LogP contribution is -2.53. The molecule has 2 fully saturated rings. The van der Waals surface area contributed by atoms with Crippen molar-refractivity contribution in [3.05, 3.63) is 0 Å². The van der Waals surface area contributed by atoms with E-state index < -0.39 is 0 Å². The zero-order chi connectivity index (χ0) is 11.4. The molecule has 0 spiro atoms. The summed E-state index contributed by atoms with van der Waals surface area (Å²) in [7, 11) is 0. The van der Waals surface area contributed by atoms with Crippen LogP contribution >= 0.6 is 0 Å². The predicted molar refractivity (Wildman–Crippen MR) is 59.9 cm³/mol. The largest absolute Gasteiger partial charge is 0.396 e. The number of hydrogen-bond donors (Lipinski definition) is 2. The molecular formula is C12H21NO3. The van der Waals surface area contributed by atoms with Gasteiger partial charge in [0.15, 0.2) is 0 Å². The van der Waals surface area contributed by atoms with Crippen molar-refractivity contribution < 1.29 is 14.6 Å². The molecule has 1 aliphatic carbocycles. The number of carbonyl (C=O) groups is 1. The van der Waals surface area contributed by atoms with Crippen LogP contribution in [0.2, 0.25) is 0 Å². The third kappa shape index (κ3) is 2.74. The molecule has 0 aromatic heterocycles. The highest BCUT2D eigenvalue weighted by molar-refractivity contribution is 5.75. The Bertz CT molecular complexity index is 241. The zero-order valence-corrected chi connectivity index (χ0v) is 9.71. The molecule has 1 heterocycles. The van der Waals surface area contributed by atoms with Gasteiger partial charge >= 0.3 is 0 Å². The van der Waals surface area contributed by atoms with Gasteiger partial charge in [-0.15, -0.1) is 0 Å². The highest BCUT2D eigenvalue weighted by Crippen LogP contribution is 2.30. The van der Waals surface area contributed by atoms with Crippen LogP contribution in [-0.2, 0) is 9.53 Å². The van der Waals surface area contributed by atoms with E-state index in [0.29, 0.717) is 26.2 Å². The standard InChI is InChI=1S/C12H21NO3/c14-7-12(8-16-9-12)6-13-11(15)5-4-10-2-1-3-10/h10,14H,1-9H2,(H,13,15). The number of hydrogen-bond acceptors (Lipinski definition) is 3. The second-order valence-corrected chi connectivity index (χ2v) is 5.26. The van der Waals surface area contributed by atoms with Crippen molar-refractivity contribution in [2.45, 2.75) is 32.1 Å². The van der Waals surface area contributed by atoms with Crippen LogP contribution in [0.3, 0.4) is 0 Å². The summed E-state index contributed by atoms with van der Waals surface area (Å²) < 4.78 is 5.07. The molecule has 0 radical (unpaired) electrons. The SMILES string of the molecule is O=C(CCC1CCC1)NCC1(CO)COC1. The van der Waals surface area contributed by atoms with Gasteiger partial charge in [-0.1, -0.05) is 19.3 Å². The minimum atomic E-state index is -0.202. The number of amides is 1. The summed E-state index contributed by atoms with van der Waals surface area (Å²) in [5.41, 5.74) is -0.202. The number of rotatable bonds is 6. The topological polar surface area (TPSA) is 58.6 Å². The van der Waals surface area contributed by atoms with Crippen molar-refractivity contribution in [3.8, 4) is 0 Å². The lowest BCUT2D eigenvalue weighted by molar-refractivity contribution is -0.140. The molecule has 4 nitrogen and oxygen atoms in total. The predicted octanol–water partition coefficient (Wildman–Crippen LogP) is 0.692. The van der Waals surface area contributed by atoms with Crippen LogP contribution in [0.15, 0.2) is 0 Å². The van der Waals surface area contributed by atoms with Crippen LogP contribution in [0.4, 0.5) is 0 Å². The molecule has 1 saturated carbocycles. The Morgan fingerprint density at radius 1 is 1.44 bits per heavy atom. The molecule has 2 aliphatic rings. The molecule has 0 bridgehead atoms. The average Bonchev–Trinajstić information content (AvgIpc) is 2.14. The van der Waals surface area contributed by atoms with Gasteiger partial charge in [0.05, 0.1) is 25.2 Å². The van der Waals surface area contributed by atoms with Crippen molar-refractivity contribution in [3.63, 3.8) is 0 Å². The molecule has 0 aromatic carbocycles. The van der Waals surface area contributed by atoms with Gasteiger partial charge < -0.3 is 15.2 Å². The third-order valence-corrected chi connectivity index (χ3v) is 3.82. The summed E-state index contributed by atoms with van der Waals surface area (Å²) in [4.78, 5) is 11.6. The molecule has 0 atom stereocenters. The lowest BCUT2D eigenvalue weighted by Gasteiger charge is -2.39. The monoisotopic (exact) mass is 227 g/mol. The highest BCUT2D eigenvalue weighted by atomic mass is 16.5. The molecule has 1 saturated heterocycles. The van der Waals surface area contributed by atoms with E-state index in [4.69, 9.17) is 4.74 Å². The first-order valence-electron chi connectivity index (χ1n) is 6.19. The summed E-state index contributed by atoms with van der Waals surface area (Å²) in [6.07, 6.45) is 5.57. The Balaban J connectivity index is 1.59. The van der Waals surface area contributed by atoms with Crippen molar-refractivity contribution in [1.82, 2.24) is 5.32 Å². The maximum absolute atomic E-state index is 11.6. The van der Waals surface area contributed by atoms with E-state index in [1.807, 2.05) is 0 Å². The first kappa shape index (κ1) is 11.9. The quantitative estimate of drug-likeness (QED) is 0.702. The van der Waals surface area contributed by atoms with Crippen LogP contribution in [0.1, 0.15) is 32.1 Å². The molecule has 2 rings (SSSR count). The summed E-state index contributed by atoms with van der Waals surface area (Å²) in [5.74, 6) is 0.899. The van der Waals surface area contributed by atoms with E-state index >= 15 is 0 Å². The van der Waals surface area contributed by atoms with Crippen molar-refractivity contribution >= 4 is 5.91 Å². The second-order valence-electron chi connectivity index (χ2n) is 5.26. The Kier molecular flexibility index (Phi) is 3.82. The summed E-state index contributed by atoms with van der Waals surface area (Å²) >= 11 is 0. The number of nitrogens with one attached hydrogen (secondary N) is 1. The maximum atomic E-state index is 11.6. The van der Waals surface area contributed by atoms with Crippen LogP contribution in [0.5, 0.6) is 0 Å². The minimum Gasteiger partial charge on any atom is -0.396 e. The fourth-order valence-electron chi connectivity index (χ4n) is 2.13. The van der Waals surface area contributed by atoms with Gasteiger partial charge in [0.25, 0.3) is 0 Å². The van der Waals surface area contributed by atoms with Gasteiger partial charge in [0, 0.05) is 13.0 Å². The maximum Gasteiger partial charge on any atom is 0.220 e. The molecular weight excluding hydrogens is 206 g/mol. The van der Waals surface area contributed by atoms with Gasteiger partial charge in [0.2, 0.25) is 5.91 Å². The van der Waals surface area contributed by atoms with Crippen molar-refractivity contribution in [2.75, 3.05) is 26.4 Å². The van der Waals surface area contributed by atoms with Gasteiger partial charge in [-0.3, -0.25) is 4.79 Å². The second kappa shape index (κ2) is 5.15. The summed E-state index contributed by atoms with van der Waals surface area (Å²) in [6, 6.07) is 0. The smallest absolute Gasteiger partial charge is 0.220 e. The number of ether oxygens (including phenoxy) is 1. The summed E-state index contributed by atoms with van der Waals surface area (Å²) in [5, 5.41) is 12.1. The zero-order valence-electron chi connectivity index (χ0n) is 9.71. The molecule has 4 heteroatoms. The normalized spacial score (nSPS) is 23.3. The number of aliphatic hydroxyl groups is 1. The van der Waals surface area contributed by atoms with Gasteiger partial charge in [-0.05, 0) is 12.3 Å². The Morgan fingerprint density at radius 3 is 2.62 bits per heavy atom. The molecule has 1 aliphatic heterocycles. The summed E-state index contributed by atoms with van der Waals surface area (Å²) in [6.45, 7) is 1.77. The van der Waals surface area contributed by atoms with Crippen LogP contribution < -0.4 is 5.32 Å². The first-order valence-corrected chi connectivity index (χ1v) is 6.19. The third-order valence-electron chi connectivity index (χ3n) is 3.82. The number of carbonyl (C=O) groups excluding carboxylic acids is 1. The molecule has 0 unspecified atom stereocenters. The van der Waals surface area contributed by atoms with E-state index in [1.165, 1.54) is 19.3 Å². The van der Waals surface area contributed by atoms with Crippen LogP contribution in [0, 0.1) is 11.3 Å². The Labute approximate surface area is 96.4 Å². The molecule has 2 N–H and O–H groups in total. The van der Waals surface area contributed by atoms with Gasteiger partial charge in [-0.2, -0.15) is 0 Å². The lowest BCUT2D eigenvalue weighted by atomic mass is 9.82. The van der Waals surface area contributed by atoms with Crippen molar-refractivity contribution in [1.29, 1.82) is 0 Å². The van der Waals surface area contributed by atoms with Crippen molar-refractivity contribution in [2.24, 2.45) is 11.3 Å². The molecule has 92 valence electrons. The highest BCUT2D eigenvalue weighted by Gasteiger charge is 2.38. The van der Waals surface area contributed by atoms with Crippen LogP contribution in [0.25, 0.3) is 0 Å². The average molecular weight is 227 g/mol. The molecule has 1 amide bonds. The van der Waals surface area contributed by atoms with E-state index in [-0.39, 0.29) is 17.9 Å². The van der Waals surface area contributed by atoms with Gasteiger partial charge in [-0.25, -0.2) is 0 Å². The Morgan fingerprint density at radius 2 is 2.19 bits per heavy atom. The van der Waals surface area contributed by atoms with Gasteiger partial charge in [0.1, 0.15) is 0 Å². The van der Waals surface area contributed by atoms with E-state index in [0.717, 1.165) is 12.3 Å². The van der Waals surface area contributed by atoms with E-state index in [2.05, 4.69) is 5.32 Å². The fraction of sp³-hybridized carbons (Fsp3) is 0.917.